The number of thiocarbonyl (C=S) groups is 1. The van der Waals surface area contributed by atoms with Crippen LogP contribution < -0.4 is 11.5 Å². The molecule has 5 N–H and O–H groups in total. The monoisotopic (exact) mass is 215 g/mol. The molecule has 12 heavy (non-hydrogen) atoms. The smallest absolute Gasteiger partial charge is 0.374 e. The van der Waals surface area contributed by atoms with Gasteiger partial charge < -0.3 is 11.5 Å². The molecule has 7 nitrogen and oxygen atoms in total. The van der Waals surface area contributed by atoms with Gasteiger partial charge >= 0.3 is 10.4 Å². The zero-order valence-corrected chi connectivity index (χ0v) is 7.64. The Kier molecular flexibility index (Phi) is 4.34. The molecule has 0 aliphatic heterocycles. The van der Waals surface area contributed by atoms with Crippen molar-refractivity contribution in [2.24, 2.45) is 11.5 Å². The van der Waals surface area contributed by atoms with Crippen LogP contribution in [-0.2, 0) is 14.7 Å². The first-order chi connectivity index (χ1) is 5.37. The molecule has 0 heterocycles. The van der Waals surface area contributed by atoms with Crippen molar-refractivity contribution < 1.29 is 17.3 Å². The third kappa shape index (κ3) is 5.21. The molecule has 0 amide bonds. The average Bonchev–Trinajstić information content (AvgIpc) is 1.83. The number of hydroxylamine groups is 2. The molecular formula is C3H9N3O4S2. The number of nitrogens with zero attached hydrogens (tertiary/aromatic N) is 1. The van der Waals surface area contributed by atoms with Crippen LogP contribution in [0.3, 0.4) is 0 Å². The van der Waals surface area contributed by atoms with Gasteiger partial charge in [0.1, 0.15) is 0 Å². The summed E-state index contributed by atoms with van der Waals surface area (Å²) in [6.45, 7) is 0.0714. The van der Waals surface area contributed by atoms with Crippen LogP contribution in [0, 0.1) is 0 Å². The van der Waals surface area contributed by atoms with E-state index in [0.29, 0.717) is 5.06 Å². The number of rotatable bonds is 4. The van der Waals surface area contributed by atoms with E-state index in [2.05, 4.69) is 16.5 Å². The third-order valence-electron chi connectivity index (χ3n) is 0.762. The van der Waals surface area contributed by atoms with E-state index < -0.39 is 10.4 Å². The van der Waals surface area contributed by atoms with Gasteiger partial charge in [-0.1, -0.05) is 0 Å². The summed E-state index contributed by atoms with van der Waals surface area (Å²) in [5.41, 5.74) is 10.1. The van der Waals surface area contributed by atoms with Gasteiger partial charge in [-0.05, 0) is 12.2 Å². The average molecular weight is 215 g/mol. The molecule has 9 heteroatoms. The van der Waals surface area contributed by atoms with Crippen molar-refractivity contribution in [2.75, 3.05) is 13.1 Å². The molecule has 0 spiro atoms. The fraction of sp³-hybridized carbons (Fsp3) is 0.667. The van der Waals surface area contributed by atoms with Crippen LogP contribution in [0.5, 0.6) is 0 Å². The van der Waals surface area contributed by atoms with Gasteiger partial charge in [-0.2, -0.15) is 8.42 Å². The van der Waals surface area contributed by atoms with E-state index in [1.165, 1.54) is 0 Å². The summed E-state index contributed by atoms with van der Waals surface area (Å²) in [6.07, 6.45) is 0. The summed E-state index contributed by atoms with van der Waals surface area (Å²) < 4.78 is 32.5. The molecule has 0 aliphatic carbocycles. The quantitative estimate of drug-likeness (QED) is 0.286. The van der Waals surface area contributed by atoms with Crippen molar-refractivity contribution in [3.05, 3.63) is 0 Å². The van der Waals surface area contributed by atoms with Gasteiger partial charge in [0.05, 0.1) is 6.54 Å². The predicted molar refractivity (Wildman–Crippen MR) is 45.2 cm³/mol. The lowest BCUT2D eigenvalue weighted by atomic mass is 10.6. The minimum atomic E-state index is -4.59. The molecular weight excluding hydrogens is 206 g/mol. The fourth-order valence-corrected chi connectivity index (χ4v) is 0.973. The molecule has 0 aromatic carbocycles. The molecule has 0 radical (unpaired) electrons. The summed E-state index contributed by atoms with van der Waals surface area (Å²) in [7, 11) is -4.59. The Labute approximate surface area is 75.2 Å². The van der Waals surface area contributed by atoms with E-state index in [4.69, 9.17) is 16.0 Å². The minimum Gasteiger partial charge on any atom is -0.374 e. The molecule has 0 aromatic heterocycles. The Morgan fingerprint density at radius 1 is 1.67 bits per heavy atom. The van der Waals surface area contributed by atoms with Gasteiger partial charge in [-0.3, -0.25) is 4.55 Å². The van der Waals surface area contributed by atoms with E-state index in [1.54, 1.807) is 0 Å². The highest BCUT2D eigenvalue weighted by atomic mass is 32.3. The van der Waals surface area contributed by atoms with Crippen molar-refractivity contribution in [1.29, 1.82) is 0 Å². The standard InChI is InChI=1S/C3H9N3O4S2/c4-1-2-6(3(5)11)10-12(7,8)9/h1-2,4H2,(H2,5,11)(H,7,8,9). The van der Waals surface area contributed by atoms with Crippen LogP contribution in [0.15, 0.2) is 0 Å². The van der Waals surface area contributed by atoms with Crippen LogP contribution >= 0.6 is 12.2 Å². The Bertz CT molecular complexity index is 250. The molecule has 0 atom stereocenters. The van der Waals surface area contributed by atoms with E-state index in [0.717, 1.165) is 0 Å². The second-order valence-corrected chi connectivity index (χ2v) is 3.15. The normalized spacial score (nSPS) is 11.2. The molecule has 0 aliphatic rings. The first-order valence-corrected chi connectivity index (χ1v) is 4.58. The van der Waals surface area contributed by atoms with E-state index >= 15 is 0 Å². The summed E-state index contributed by atoms with van der Waals surface area (Å²) in [4.78, 5) is 0. The van der Waals surface area contributed by atoms with Crippen LogP contribution in [-0.4, -0.2) is 36.2 Å². The highest BCUT2D eigenvalue weighted by Gasteiger charge is 2.14. The van der Waals surface area contributed by atoms with Crippen LogP contribution in [0.1, 0.15) is 0 Å². The Morgan fingerprint density at radius 2 is 2.17 bits per heavy atom. The maximum absolute atomic E-state index is 10.2. The topological polar surface area (TPSA) is 119 Å². The van der Waals surface area contributed by atoms with Crippen LogP contribution in [0.4, 0.5) is 0 Å². The van der Waals surface area contributed by atoms with Gasteiger partial charge in [0, 0.05) is 6.54 Å². The van der Waals surface area contributed by atoms with Gasteiger partial charge in [0.15, 0.2) is 5.11 Å². The second-order valence-electron chi connectivity index (χ2n) is 1.73. The summed E-state index contributed by atoms with van der Waals surface area (Å²) in [6, 6.07) is 0. The third-order valence-corrected chi connectivity index (χ3v) is 1.33. The van der Waals surface area contributed by atoms with E-state index in [1.807, 2.05) is 0 Å². The number of hydrogen-bond acceptors (Lipinski definition) is 5. The van der Waals surface area contributed by atoms with Crippen molar-refractivity contribution in [3.8, 4) is 0 Å². The SMILES string of the molecule is NCCN(OS(=O)(=O)O)C(N)=S. The van der Waals surface area contributed by atoms with Crippen molar-refractivity contribution in [3.63, 3.8) is 0 Å². The zero-order chi connectivity index (χ0) is 9.78. The van der Waals surface area contributed by atoms with Gasteiger partial charge in [-0.15, -0.1) is 4.28 Å². The largest absolute Gasteiger partial charge is 0.418 e. The second kappa shape index (κ2) is 4.52. The van der Waals surface area contributed by atoms with E-state index in [9.17, 15) is 8.42 Å². The van der Waals surface area contributed by atoms with Gasteiger partial charge in [0.2, 0.25) is 0 Å². The Morgan fingerprint density at radius 3 is 2.42 bits per heavy atom. The fourth-order valence-electron chi connectivity index (χ4n) is 0.415. The van der Waals surface area contributed by atoms with Gasteiger partial charge in [-0.25, -0.2) is 5.06 Å². The molecule has 0 rings (SSSR count). The molecule has 72 valence electrons. The molecule has 0 fully saturated rings. The first-order valence-electron chi connectivity index (χ1n) is 2.81. The van der Waals surface area contributed by atoms with Crippen LogP contribution in [0.25, 0.3) is 0 Å². The number of hydrogen-bond donors (Lipinski definition) is 3. The lowest BCUT2D eigenvalue weighted by Gasteiger charge is -2.17. The van der Waals surface area contributed by atoms with Crippen molar-refractivity contribution in [1.82, 2.24) is 5.06 Å². The minimum absolute atomic E-state index is 0.0187. The summed E-state index contributed by atoms with van der Waals surface area (Å²) >= 11 is 4.40. The molecule has 0 unspecified atom stereocenters. The maximum Gasteiger partial charge on any atom is 0.418 e. The molecule has 0 saturated carbocycles. The summed E-state index contributed by atoms with van der Waals surface area (Å²) in [5, 5.41) is 0.281. The van der Waals surface area contributed by atoms with Crippen LogP contribution in [0.2, 0.25) is 0 Å². The maximum atomic E-state index is 10.2. The Hall–Kier alpha value is -0.480. The highest BCUT2D eigenvalue weighted by molar-refractivity contribution is 7.81. The van der Waals surface area contributed by atoms with Crippen molar-refractivity contribution in [2.45, 2.75) is 0 Å². The zero-order valence-electron chi connectivity index (χ0n) is 6.00. The van der Waals surface area contributed by atoms with Crippen molar-refractivity contribution >= 4 is 27.7 Å². The lowest BCUT2D eigenvalue weighted by molar-refractivity contribution is 0.0182. The Balaban J connectivity index is 4.24. The van der Waals surface area contributed by atoms with Gasteiger partial charge in [0.25, 0.3) is 0 Å². The number of nitrogens with two attached hydrogens (primary N) is 2. The predicted octanol–water partition coefficient (Wildman–Crippen LogP) is -1.77. The molecule has 0 saturated heterocycles. The highest BCUT2D eigenvalue weighted by Crippen LogP contribution is 1.94. The molecule has 0 aromatic rings. The first kappa shape index (κ1) is 11.5. The summed E-state index contributed by atoms with van der Waals surface area (Å²) in [5.74, 6) is 0. The lowest BCUT2D eigenvalue weighted by Crippen LogP contribution is -2.40. The van der Waals surface area contributed by atoms with E-state index in [-0.39, 0.29) is 18.2 Å². The molecule has 0 bridgehead atoms.